The van der Waals surface area contributed by atoms with E-state index in [1.54, 1.807) is 0 Å². The van der Waals surface area contributed by atoms with Crippen LogP contribution in [0.5, 0.6) is 0 Å². The largest absolute Gasteiger partial charge is 0.292 e. The number of allylic oxidation sites excluding steroid dienone is 6. The molecule has 0 fully saturated rings. The van der Waals surface area contributed by atoms with Crippen molar-refractivity contribution in [3.63, 3.8) is 0 Å². The number of hydrogen-bond donors (Lipinski definition) is 0. The lowest BCUT2D eigenvalue weighted by atomic mass is 9.82. The minimum atomic E-state index is 0.868. The molecule has 0 radical (unpaired) electrons. The molecule has 0 saturated carbocycles. The van der Waals surface area contributed by atoms with Crippen LogP contribution in [0.1, 0.15) is 30.5 Å². The molecule has 0 bridgehead atoms. The number of rotatable bonds is 10. The summed E-state index contributed by atoms with van der Waals surface area (Å²) < 4.78 is 2.38. The van der Waals surface area contributed by atoms with E-state index in [9.17, 15) is 0 Å². The van der Waals surface area contributed by atoms with Gasteiger partial charge in [0.1, 0.15) is 5.82 Å². The molecule has 0 unspecified atom stereocenters. The highest BCUT2D eigenvalue weighted by Crippen LogP contribution is 2.48. The molecule has 1 aromatic heterocycles. The Morgan fingerprint density at radius 1 is 0.525 bits per heavy atom. The Labute approximate surface area is 346 Å². The molecule has 8 aromatic carbocycles. The van der Waals surface area contributed by atoms with Crippen molar-refractivity contribution in [3.8, 4) is 50.5 Å². The minimum Gasteiger partial charge on any atom is -0.292 e. The van der Waals surface area contributed by atoms with Gasteiger partial charge in [-0.3, -0.25) is 4.57 Å². The molecule has 9 rings (SSSR count). The van der Waals surface area contributed by atoms with Crippen molar-refractivity contribution < 1.29 is 0 Å². The lowest BCUT2D eigenvalue weighted by Gasteiger charge is -2.21. The maximum absolute atomic E-state index is 5.78. The predicted octanol–water partition coefficient (Wildman–Crippen LogP) is 15.8. The molecular weight excluding hydrogens is 713 g/mol. The second-order valence-electron chi connectivity index (χ2n) is 14.6. The summed E-state index contributed by atoms with van der Waals surface area (Å²) in [5.41, 5.74) is 15.2. The molecule has 0 atom stereocenters. The molecule has 282 valence electrons. The summed E-state index contributed by atoms with van der Waals surface area (Å²) in [6.45, 7) is 12.8. The fraction of sp³-hybridized carbons (Fsp3) is 0.0351. The molecular formula is C57H44N2. The molecule has 0 aliphatic rings. The van der Waals surface area contributed by atoms with Crippen molar-refractivity contribution >= 4 is 50.3 Å². The van der Waals surface area contributed by atoms with Crippen LogP contribution in [0.25, 0.3) is 101 Å². The Bertz CT molecular complexity index is 3110. The molecule has 0 aliphatic carbocycles. The molecule has 0 N–H and O–H groups in total. The third-order valence-corrected chi connectivity index (χ3v) is 11.2. The van der Waals surface area contributed by atoms with E-state index in [2.05, 4.69) is 213 Å². The summed E-state index contributed by atoms with van der Waals surface area (Å²) in [5.74, 6) is 0.868. The van der Waals surface area contributed by atoms with Crippen molar-refractivity contribution in [2.45, 2.75) is 13.8 Å². The van der Waals surface area contributed by atoms with Gasteiger partial charge in [-0.2, -0.15) is 0 Å². The SMILES string of the molecule is C=C/C(=C\C=C/C)c1c(C=C)c(/C=C\C)c(-c2ccccc2)c2cc(-c3nc4c(-c5ccccc5)c5ccccc5c(-c5ccccc5)c4n3-c3ccccc3)ccc12. The maximum Gasteiger partial charge on any atom is 0.145 e. The Balaban J connectivity index is 1.49. The summed E-state index contributed by atoms with van der Waals surface area (Å²) in [7, 11) is 0. The van der Waals surface area contributed by atoms with Gasteiger partial charge < -0.3 is 0 Å². The Morgan fingerprint density at radius 3 is 1.66 bits per heavy atom. The van der Waals surface area contributed by atoms with Crippen LogP contribution in [0.2, 0.25) is 0 Å². The fourth-order valence-corrected chi connectivity index (χ4v) is 8.72. The third-order valence-electron chi connectivity index (χ3n) is 11.2. The number of hydrogen-bond acceptors (Lipinski definition) is 1. The van der Waals surface area contributed by atoms with E-state index in [1.165, 1.54) is 10.8 Å². The van der Waals surface area contributed by atoms with Gasteiger partial charge >= 0.3 is 0 Å². The minimum absolute atomic E-state index is 0.868. The molecule has 0 aliphatic heterocycles. The van der Waals surface area contributed by atoms with E-state index < -0.39 is 0 Å². The zero-order chi connectivity index (χ0) is 40.3. The second-order valence-corrected chi connectivity index (χ2v) is 14.6. The maximum atomic E-state index is 5.78. The fourth-order valence-electron chi connectivity index (χ4n) is 8.72. The average molecular weight is 757 g/mol. The van der Waals surface area contributed by atoms with Gasteiger partial charge in [0.15, 0.2) is 0 Å². The summed E-state index contributed by atoms with van der Waals surface area (Å²) in [4.78, 5) is 5.78. The first-order chi connectivity index (χ1) is 29.2. The third kappa shape index (κ3) is 6.45. The molecule has 59 heavy (non-hydrogen) atoms. The van der Waals surface area contributed by atoms with E-state index >= 15 is 0 Å². The van der Waals surface area contributed by atoms with Gasteiger partial charge in [-0.25, -0.2) is 4.98 Å². The average Bonchev–Trinajstić information content (AvgIpc) is 3.69. The van der Waals surface area contributed by atoms with Crippen LogP contribution >= 0.6 is 0 Å². The van der Waals surface area contributed by atoms with Crippen molar-refractivity contribution in [1.82, 2.24) is 9.55 Å². The number of imidazole rings is 1. The van der Waals surface area contributed by atoms with Crippen molar-refractivity contribution in [2.24, 2.45) is 0 Å². The smallest absolute Gasteiger partial charge is 0.145 e. The zero-order valence-electron chi connectivity index (χ0n) is 33.4. The van der Waals surface area contributed by atoms with Gasteiger partial charge in [-0.05, 0) is 98.1 Å². The number of para-hydroxylation sites is 1. The number of benzene rings is 8. The summed E-state index contributed by atoms with van der Waals surface area (Å²) in [6.07, 6.45) is 14.5. The lowest BCUT2D eigenvalue weighted by molar-refractivity contribution is 1.10. The molecule has 0 saturated heterocycles. The van der Waals surface area contributed by atoms with E-state index in [0.29, 0.717) is 0 Å². The standard InChI is InChI=1S/C57H44N2/c1-5-9-25-39(7-3)51-45(8-4)46(24-6-2)52(40-26-14-10-15-27-40)50-38-43(36-37-49(50)51)57-58-55-53(41-28-16-11-17-29-41)47-34-22-23-35-48(47)54(42-30-18-12-19-31-42)56(55)59(57)44-32-20-13-21-33-44/h5-38H,3-4H2,1-2H3/b9-5-,24-6-,39-25+. The highest BCUT2D eigenvalue weighted by Gasteiger charge is 2.26. The van der Waals surface area contributed by atoms with Crippen LogP contribution in [-0.4, -0.2) is 9.55 Å². The molecule has 2 heteroatoms. The van der Waals surface area contributed by atoms with E-state index in [1.807, 2.05) is 25.2 Å². The van der Waals surface area contributed by atoms with Crippen LogP contribution in [0.4, 0.5) is 0 Å². The quantitative estimate of drug-likeness (QED) is 0.127. The Kier molecular flexibility index (Phi) is 10.1. The molecule has 0 spiro atoms. The molecule has 1 heterocycles. The van der Waals surface area contributed by atoms with E-state index in [0.717, 1.165) is 94.5 Å². The van der Waals surface area contributed by atoms with Gasteiger partial charge in [-0.15, -0.1) is 0 Å². The van der Waals surface area contributed by atoms with E-state index in [4.69, 9.17) is 4.98 Å². The van der Waals surface area contributed by atoms with Crippen LogP contribution in [0, 0.1) is 0 Å². The van der Waals surface area contributed by atoms with E-state index in [-0.39, 0.29) is 0 Å². The molecule has 9 aromatic rings. The van der Waals surface area contributed by atoms with Crippen LogP contribution in [0.3, 0.4) is 0 Å². The normalized spacial score (nSPS) is 12.0. The lowest BCUT2D eigenvalue weighted by Crippen LogP contribution is -2.01. The second kappa shape index (κ2) is 16.1. The summed E-state index contributed by atoms with van der Waals surface area (Å²) >= 11 is 0. The topological polar surface area (TPSA) is 17.8 Å². The first kappa shape index (κ1) is 37.1. The first-order valence-electron chi connectivity index (χ1n) is 20.2. The van der Waals surface area contributed by atoms with Crippen LogP contribution in [0.15, 0.2) is 207 Å². The van der Waals surface area contributed by atoms with Gasteiger partial charge in [0.25, 0.3) is 0 Å². The number of aromatic nitrogens is 2. The van der Waals surface area contributed by atoms with Crippen molar-refractivity contribution in [3.05, 3.63) is 224 Å². The van der Waals surface area contributed by atoms with Gasteiger partial charge in [0, 0.05) is 22.4 Å². The van der Waals surface area contributed by atoms with Gasteiger partial charge in [-0.1, -0.05) is 201 Å². The zero-order valence-corrected chi connectivity index (χ0v) is 33.4. The summed E-state index contributed by atoms with van der Waals surface area (Å²) in [5, 5.41) is 4.59. The molecule has 0 amide bonds. The van der Waals surface area contributed by atoms with Gasteiger partial charge in [0.05, 0.1) is 11.0 Å². The highest BCUT2D eigenvalue weighted by molar-refractivity contribution is 6.20. The first-order valence-corrected chi connectivity index (χ1v) is 20.2. The molecule has 2 nitrogen and oxygen atoms in total. The van der Waals surface area contributed by atoms with Crippen LogP contribution in [-0.2, 0) is 0 Å². The van der Waals surface area contributed by atoms with Crippen LogP contribution < -0.4 is 0 Å². The number of fused-ring (bicyclic) bond motifs is 3. The highest BCUT2D eigenvalue weighted by atomic mass is 15.1. The van der Waals surface area contributed by atoms with Crippen molar-refractivity contribution in [1.29, 1.82) is 0 Å². The Morgan fingerprint density at radius 2 is 1.08 bits per heavy atom. The monoisotopic (exact) mass is 756 g/mol. The number of nitrogens with zero attached hydrogens (tertiary/aromatic N) is 2. The predicted molar refractivity (Wildman–Crippen MR) is 256 cm³/mol. The Hall–Kier alpha value is -7.55. The van der Waals surface area contributed by atoms with Gasteiger partial charge in [0.2, 0.25) is 0 Å². The van der Waals surface area contributed by atoms with Crippen molar-refractivity contribution in [2.75, 3.05) is 0 Å². The summed E-state index contributed by atoms with van der Waals surface area (Å²) in [6, 6.07) is 58.5.